The van der Waals surface area contributed by atoms with Crippen molar-refractivity contribution in [2.24, 2.45) is 0 Å². The molecule has 2 aromatic rings. The van der Waals surface area contributed by atoms with Crippen LogP contribution in [0.4, 0.5) is 10.1 Å². The normalized spacial score (nSPS) is 12.3. The van der Waals surface area contributed by atoms with Gasteiger partial charge in [0, 0.05) is 30.4 Å². The van der Waals surface area contributed by atoms with Crippen LogP contribution in [0.15, 0.2) is 42.5 Å². The summed E-state index contributed by atoms with van der Waals surface area (Å²) in [4.78, 5) is 1.93. The molecule has 0 bridgehead atoms. The molecule has 2 aromatic carbocycles. The van der Waals surface area contributed by atoms with Crippen LogP contribution in [-0.2, 0) is 0 Å². The number of benzene rings is 2. The van der Waals surface area contributed by atoms with Gasteiger partial charge in [0.25, 0.3) is 0 Å². The fraction of sp³-hybridized carbons (Fsp3) is 0.200. The Morgan fingerprint density at radius 3 is 2.53 bits per heavy atom. The van der Waals surface area contributed by atoms with Gasteiger partial charge in [0.15, 0.2) is 0 Å². The lowest BCUT2D eigenvalue weighted by Crippen LogP contribution is -2.10. The van der Waals surface area contributed by atoms with E-state index < -0.39 is 11.9 Å². The summed E-state index contributed by atoms with van der Waals surface area (Å²) in [6.07, 6.45) is -1.00. The minimum Gasteiger partial charge on any atom is -0.384 e. The van der Waals surface area contributed by atoms with Crippen LogP contribution in [0.2, 0.25) is 5.02 Å². The molecule has 0 amide bonds. The van der Waals surface area contributed by atoms with E-state index in [-0.39, 0.29) is 5.56 Å². The third-order valence-corrected chi connectivity index (χ3v) is 3.19. The number of aliphatic hydroxyl groups is 1. The Morgan fingerprint density at radius 1 is 1.16 bits per heavy atom. The summed E-state index contributed by atoms with van der Waals surface area (Å²) in [5.41, 5.74) is 1.82. The van der Waals surface area contributed by atoms with Gasteiger partial charge in [0.1, 0.15) is 11.9 Å². The fourth-order valence-electron chi connectivity index (χ4n) is 1.88. The van der Waals surface area contributed by atoms with E-state index in [1.165, 1.54) is 12.1 Å². The zero-order chi connectivity index (χ0) is 14.0. The van der Waals surface area contributed by atoms with Crippen LogP contribution >= 0.6 is 11.6 Å². The molecule has 0 aliphatic heterocycles. The molecule has 0 saturated carbocycles. The van der Waals surface area contributed by atoms with Gasteiger partial charge in [-0.1, -0.05) is 29.8 Å². The number of anilines is 1. The molecule has 0 aliphatic carbocycles. The van der Waals surface area contributed by atoms with E-state index in [0.29, 0.717) is 10.6 Å². The Bertz CT molecular complexity index is 586. The maximum Gasteiger partial charge on any atom is 0.130 e. The van der Waals surface area contributed by atoms with Gasteiger partial charge in [0.2, 0.25) is 0 Å². The Hall–Kier alpha value is -1.58. The highest BCUT2D eigenvalue weighted by Crippen LogP contribution is 2.28. The van der Waals surface area contributed by atoms with Crippen LogP contribution in [0.3, 0.4) is 0 Å². The first kappa shape index (κ1) is 13.8. The Labute approximate surface area is 117 Å². The minimum atomic E-state index is -1.00. The van der Waals surface area contributed by atoms with Gasteiger partial charge in [-0.3, -0.25) is 0 Å². The molecule has 2 nitrogen and oxygen atoms in total. The molecule has 1 N–H and O–H groups in total. The molecule has 0 spiro atoms. The molecule has 100 valence electrons. The quantitative estimate of drug-likeness (QED) is 0.927. The number of rotatable bonds is 3. The summed E-state index contributed by atoms with van der Waals surface area (Å²) >= 11 is 5.71. The van der Waals surface area contributed by atoms with E-state index in [9.17, 15) is 9.50 Å². The summed E-state index contributed by atoms with van der Waals surface area (Å²) in [6.45, 7) is 0. The van der Waals surface area contributed by atoms with Gasteiger partial charge in [-0.15, -0.1) is 0 Å². The maximum absolute atomic E-state index is 13.8. The van der Waals surface area contributed by atoms with Gasteiger partial charge in [-0.2, -0.15) is 0 Å². The molecule has 0 aliphatic rings. The highest BCUT2D eigenvalue weighted by atomic mass is 35.5. The Kier molecular flexibility index (Phi) is 4.08. The highest BCUT2D eigenvalue weighted by Gasteiger charge is 2.15. The van der Waals surface area contributed by atoms with Crippen LogP contribution in [0.5, 0.6) is 0 Å². The predicted molar refractivity (Wildman–Crippen MR) is 76.2 cm³/mol. The molecule has 0 heterocycles. The number of nitrogens with zero attached hydrogens (tertiary/aromatic N) is 1. The minimum absolute atomic E-state index is 0.223. The molecule has 0 radical (unpaired) electrons. The molecule has 1 unspecified atom stereocenters. The lowest BCUT2D eigenvalue weighted by molar-refractivity contribution is 0.215. The summed E-state index contributed by atoms with van der Waals surface area (Å²) in [5, 5.41) is 10.6. The number of aliphatic hydroxyl groups excluding tert-OH is 1. The van der Waals surface area contributed by atoms with E-state index in [4.69, 9.17) is 11.6 Å². The van der Waals surface area contributed by atoms with Gasteiger partial charge in [-0.05, 0) is 29.8 Å². The van der Waals surface area contributed by atoms with Gasteiger partial charge in [-0.25, -0.2) is 4.39 Å². The first-order valence-electron chi connectivity index (χ1n) is 5.89. The zero-order valence-corrected chi connectivity index (χ0v) is 11.5. The number of halogens is 2. The molecule has 1 atom stereocenters. The van der Waals surface area contributed by atoms with E-state index in [1.54, 1.807) is 12.1 Å². The van der Waals surface area contributed by atoms with E-state index in [1.807, 2.05) is 37.2 Å². The van der Waals surface area contributed by atoms with E-state index >= 15 is 0 Å². The van der Waals surface area contributed by atoms with Crippen molar-refractivity contribution in [3.63, 3.8) is 0 Å². The second kappa shape index (κ2) is 5.59. The topological polar surface area (TPSA) is 23.5 Å². The third kappa shape index (κ3) is 3.06. The van der Waals surface area contributed by atoms with Gasteiger partial charge in [0.05, 0.1) is 0 Å². The summed E-state index contributed by atoms with van der Waals surface area (Å²) in [6, 6.07) is 11.6. The number of hydrogen-bond acceptors (Lipinski definition) is 2. The molecule has 19 heavy (non-hydrogen) atoms. The van der Waals surface area contributed by atoms with Crippen molar-refractivity contribution >= 4 is 17.3 Å². The molecule has 0 saturated heterocycles. The lowest BCUT2D eigenvalue weighted by atomic mass is 10.0. The Morgan fingerprint density at radius 2 is 1.89 bits per heavy atom. The average molecular weight is 280 g/mol. The van der Waals surface area contributed by atoms with Crippen molar-refractivity contribution in [1.29, 1.82) is 0 Å². The monoisotopic (exact) mass is 279 g/mol. The number of hydrogen-bond donors (Lipinski definition) is 1. The van der Waals surface area contributed by atoms with Crippen molar-refractivity contribution in [3.8, 4) is 0 Å². The smallest absolute Gasteiger partial charge is 0.130 e. The standard InChI is InChI=1S/C15H15ClFNO/c1-18(2)12-5-3-4-10(8-12)15(19)13-7-6-11(16)9-14(13)17/h3-9,15,19H,1-2H3. The molecular weight excluding hydrogens is 265 g/mol. The van der Waals surface area contributed by atoms with Gasteiger partial charge < -0.3 is 10.0 Å². The average Bonchev–Trinajstić information content (AvgIpc) is 2.38. The van der Waals surface area contributed by atoms with Crippen molar-refractivity contribution < 1.29 is 9.50 Å². The first-order valence-corrected chi connectivity index (χ1v) is 6.27. The van der Waals surface area contributed by atoms with Crippen molar-refractivity contribution in [1.82, 2.24) is 0 Å². The molecule has 4 heteroatoms. The van der Waals surface area contributed by atoms with Gasteiger partial charge >= 0.3 is 0 Å². The fourth-order valence-corrected chi connectivity index (χ4v) is 2.03. The first-order chi connectivity index (χ1) is 8.99. The molecular formula is C15H15ClFNO. The van der Waals surface area contributed by atoms with Crippen molar-refractivity contribution in [2.75, 3.05) is 19.0 Å². The zero-order valence-electron chi connectivity index (χ0n) is 10.8. The Balaban J connectivity index is 2.38. The molecule has 2 rings (SSSR count). The van der Waals surface area contributed by atoms with Crippen molar-refractivity contribution in [2.45, 2.75) is 6.10 Å². The van der Waals surface area contributed by atoms with E-state index in [2.05, 4.69) is 0 Å². The maximum atomic E-state index is 13.8. The van der Waals surface area contributed by atoms with Crippen LogP contribution in [-0.4, -0.2) is 19.2 Å². The predicted octanol–water partition coefficient (Wildman–Crippen LogP) is 3.63. The van der Waals surface area contributed by atoms with Crippen LogP contribution in [0.25, 0.3) is 0 Å². The van der Waals surface area contributed by atoms with Crippen LogP contribution in [0.1, 0.15) is 17.2 Å². The van der Waals surface area contributed by atoms with Crippen LogP contribution < -0.4 is 4.90 Å². The molecule has 0 fully saturated rings. The summed E-state index contributed by atoms with van der Waals surface area (Å²) < 4.78 is 13.8. The second-order valence-corrected chi connectivity index (χ2v) is 4.99. The second-order valence-electron chi connectivity index (χ2n) is 4.56. The summed E-state index contributed by atoms with van der Waals surface area (Å²) in [5.74, 6) is -0.504. The van der Waals surface area contributed by atoms with Crippen molar-refractivity contribution in [3.05, 3.63) is 64.4 Å². The third-order valence-electron chi connectivity index (χ3n) is 2.96. The SMILES string of the molecule is CN(C)c1cccc(C(O)c2ccc(Cl)cc2F)c1. The molecule has 0 aromatic heterocycles. The summed E-state index contributed by atoms with van der Waals surface area (Å²) in [7, 11) is 3.82. The van der Waals surface area contributed by atoms with E-state index in [0.717, 1.165) is 5.69 Å². The lowest BCUT2D eigenvalue weighted by Gasteiger charge is -2.17. The largest absolute Gasteiger partial charge is 0.384 e. The van der Waals surface area contributed by atoms with Crippen LogP contribution in [0, 0.1) is 5.82 Å². The highest BCUT2D eigenvalue weighted by molar-refractivity contribution is 6.30.